The van der Waals surface area contributed by atoms with E-state index in [2.05, 4.69) is 48.2 Å². The van der Waals surface area contributed by atoms with Crippen LogP contribution in [0.15, 0.2) is 60.7 Å². The van der Waals surface area contributed by atoms with Gasteiger partial charge in [-0.05, 0) is 125 Å². The summed E-state index contributed by atoms with van der Waals surface area (Å²) in [6.07, 6.45) is 4.81. The van der Waals surface area contributed by atoms with Gasteiger partial charge in [0.05, 0.1) is 32.2 Å². The summed E-state index contributed by atoms with van der Waals surface area (Å²) in [6.45, 7) is 7.16. The number of hydrogen-bond donors (Lipinski definition) is 0. The fourth-order valence-corrected chi connectivity index (χ4v) is 7.06. The van der Waals surface area contributed by atoms with Crippen molar-refractivity contribution in [1.82, 2.24) is 4.90 Å². The second-order valence-electron chi connectivity index (χ2n) is 13.0. The number of methoxy groups -OCH3 is 1. The van der Waals surface area contributed by atoms with Crippen LogP contribution in [0.3, 0.4) is 0 Å². The van der Waals surface area contributed by atoms with Crippen molar-refractivity contribution in [1.29, 1.82) is 0 Å². The molecule has 1 aliphatic carbocycles. The molecular weight excluding hydrogens is 586 g/mol. The third-order valence-electron chi connectivity index (χ3n) is 9.15. The van der Waals surface area contributed by atoms with Crippen LogP contribution in [-0.2, 0) is 16.0 Å². The smallest absolute Gasteiger partial charge is 0.232 e. The third-order valence-corrected chi connectivity index (χ3v) is 9.40. The van der Waals surface area contributed by atoms with E-state index in [0.717, 1.165) is 60.3 Å². The summed E-state index contributed by atoms with van der Waals surface area (Å²) in [7, 11) is 5.84. The molecule has 7 nitrogen and oxygen atoms in total. The molecular formula is C37H46ClN3O4. The van der Waals surface area contributed by atoms with E-state index < -0.39 is 0 Å². The average molecular weight is 632 g/mol. The number of fused-ring (bicyclic) bond motifs is 1. The number of carbonyl (C=O) groups excluding carboxylic acids is 2. The van der Waals surface area contributed by atoms with Gasteiger partial charge in [-0.1, -0.05) is 23.7 Å². The second-order valence-corrected chi connectivity index (χ2v) is 13.4. The molecule has 0 saturated heterocycles. The standard InChI is InChI=1S/C37H46ClN3O4/c1-24(2)45-35-21-33-28(19-34(35)44-6)20-36(43)41(37(33)27-9-11-29(38)12-10-27)32-17-15-31(16-18-32)40(5)23-26-7-13-30(14-8-26)39(4)22-25(3)42/h9-12,15-19,21,24,26,30,37H,7-8,13-14,20,22-23H2,1-6H3/t26?,30?,37-/m0/s1. The predicted octanol–water partition coefficient (Wildman–Crippen LogP) is 7.33. The Bertz CT molecular complexity index is 1480. The number of amides is 1. The number of Topliss-reactive ketones (excluding diaryl/α,β-unsaturated/α-hetero) is 1. The van der Waals surface area contributed by atoms with E-state index in [4.69, 9.17) is 21.1 Å². The van der Waals surface area contributed by atoms with Crippen LogP contribution in [0.4, 0.5) is 11.4 Å². The molecule has 1 saturated carbocycles. The summed E-state index contributed by atoms with van der Waals surface area (Å²) < 4.78 is 11.8. The lowest BCUT2D eigenvalue weighted by atomic mass is 9.85. The zero-order chi connectivity index (χ0) is 32.2. The molecule has 3 aromatic rings. The van der Waals surface area contributed by atoms with E-state index in [1.807, 2.05) is 55.1 Å². The maximum atomic E-state index is 13.9. The molecule has 3 aromatic carbocycles. The molecule has 1 fully saturated rings. The first-order valence-corrected chi connectivity index (χ1v) is 16.4. The maximum Gasteiger partial charge on any atom is 0.232 e. The van der Waals surface area contributed by atoms with Gasteiger partial charge in [0.15, 0.2) is 11.5 Å². The van der Waals surface area contributed by atoms with Crippen molar-refractivity contribution in [2.24, 2.45) is 5.92 Å². The lowest BCUT2D eigenvalue weighted by molar-refractivity contribution is -0.119. The number of benzene rings is 3. The highest BCUT2D eigenvalue weighted by atomic mass is 35.5. The number of likely N-dealkylation sites (N-methyl/N-ethyl adjacent to an activating group) is 1. The largest absolute Gasteiger partial charge is 0.493 e. The topological polar surface area (TPSA) is 62.3 Å². The molecule has 1 aliphatic heterocycles. The molecule has 0 spiro atoms. The highest BCUT2D eigenvalue weighted by molar-refractivity contribution is 6.30. The van der Waals surface area contributed by atoms with Crippen molar-refractivity contribution in [2.75, 3.05) is 44.1 Å². The second kappa shape index (κ2) is 14.3. The van der Waals surface area contributed by atoms with Gasteiger partial charge in [-0.2, -0.15) is 0 Å². The minimum Gasteiger partial charge on any atom is -0.493 e. The van der Waals surface area contributed by atoms with E-state index in [0.29, 0.717) is 35.0 Å². The molecule has 8 heteroatoms. The summed E-state index contributed by atoms with van der Waals surface area (Å²) in [5, 5.41) is 0.648. The SMILES string of the molecule is COc1cc2c(cc1OC(C)C)[C@H](c1ccc(Cl)cc1)N(c1ccc(N(C)CC3CCC(N(C)CC(C)=O)CC3)cc1)C(=O)C2. The number of nitrogens with zero attached hydrogens (tertiary/aromatic N) is 3. The number of ketones is 1. The Balaban J connectivity index is 1.38. The van der Waals surface area contributed by atoms with E-state index in [9.17, 15) is 9.59 Å². The first-order valence-electron chi connectivity index (χ1n) is 16.0. The van der Waals surface area contributed by atoms with Crippen LogP contribution >= 0.6 is 11.6 Å². The normalized spacial score (nSPS) is 19.9. The van der Waals surface area contributed by atoms with Gasteiger partial charge >= 0.3 is 0 Å². The van der Waals surface area contributed by atoms with E-state index in [1.165, 1.54) is 0 Å². The molecule has 0 N–H and O–H groups in total. The molecule has 2 aliphatic rings. The molecule has 1 atom stereocenters. The maximum absolute atomic E-state index is 13.9. The van der Waals surface area contributed by atoms with Crippen LogP contribution in [-0.4, -0.2) is 63.0 Å². The molecule has 240 valence electrons. The molecule has 45 heavy (non-hydrogen) atoms. The van der Waals surface area contributed by atoms with Gasteiger partial charge in [-0.15, -0.1) is 0 Å². The van der Waals surface area contributed by atoms with Crippen LogP contribution in [0.5, 0.6) is 11.5 Å². The predicted molar refractivity (Wildman–Crippen MR) is 182 cm³/mol. The van der Waals surface area contributed by atoms with Gasteiger partial charge in [0, 0.05) is 36.0 Å². The Hall–Kier alpha value is -3.55. The van der Waals surface area contributed by atoms with E-state index in [-0.39, 0.29) is 30.3 Å². The van der Waals surface area contributed by atoms with Crippen LogP contribution in [0.1, 0.15) is 69.2 Å². The summed E-state index contributed by atoms with van der Waals surface area (Å²) in [5.74, 6) is 2.15. The van der Waals surface area contributed by atoms with Crippen LogP contribution in [0.2, 0.25) is 5.02 Å². The van der Waals surface area contributed by atoms with Crippen molar-refractivity contribution in [3.63, 3.8) is 0 Å². The molecule has 0 bridgehead atoms. The van der Waals surface area contributed by atoms with Crippen molar-refractivity contribution in [3.8, 4) is 11.5 Å². The van der Waals surface area contributed by atoms with E-state index in [1.54, 1.807) is 14.0 Å². The Morgan fingerprint density at radius 3 is 2.24 bits per heavy atom. The number of anilines is 2. The minimum absolute atomic E-state index is 0.0228. The molecule has 1 amide bonds. The van der Waals surface area contributed by atoms with Crippen molar-refractivity contribution >= 4 is 34.7 Å². The Kier molecular flexibility index (Phi) is 10.4. The zero-order valence-corrected chi connectivity index (χ0v) is 28.1. The van der Waals surface area contributed by atoms with Crippen molar-refractivity contribution in [2.45, 2.75) is 71.1 Å². The molecule has 0 radical (unpaired) electrons. The lowest BCUT2D eigenvalue weighted by Crippen LogP contribution is -2.41. The lowest BCUT2D eigenvalue weighted by Gasteiger charge is -2.38. The van der Waals surface area contributed by atoms with Gasteiger partial charge in [-0.25, -0.2) is 0 Å². The van der Waals surface area contributed by atoms with E-state index >= 15 is 0 Å². The zero-order valence-electron chi connectivity index (χ0n) is 27.4. The number of ether oxygens (including phenoxy) is 2. The summed E-state index contributed by atoms with van der Waals surface area (Å²) in [6, 6.07) is 20.2. The Morgan fingerprint density at radius 2 is 1.64 bits per heavy atom. The number of hydrogen-bond acceptors (Lipinski definition) is 6. The molecule has 1 heterocycles. The van der Waals surface area contributed by atoms with Gasteiger partial charge in [-0.3, -0.25) is 14.5 Å². The van der Waals surface area contributed by atoms with Gasteiger partial charge in [0.2, 0.25) is 5.91 Å². The summed E-state index contributed by atoms with van der Waals surface area (Å²) >= 11 is 6.27. The van der Waals surface area contributed by atoms with Gasteiger partial charge in [0.1, 0.15) is 5.78 Å². The fraction of sp³-hybridized carbons (Fsp3) is 0.459. The number of halogens is 1. The fourth-order valence-electron chi connectivity index (χ4n) is 6.94. The Labute approximate surface area is 273 Å². The molecule has 0 unspecified atom stereocenters. The van der Waals surface area contributed by atoms with Crippen LogP contribution < -0.4 is 19.3 Å². The van der Waals surface area contributed by atoms with Gasteiger partial charge < -0.3 is 19.3 Å². The monoisotopic (exact) mass is 631 g/mol. The number of rotatable bonds is 11. The van der Waals surface area contributed by atoms with Gasteiger partial charge in [0.25, 0.3) is 0 Å². The van der Waals surface area contributed by atoms with Crippen LogP contribution in [0.25, 0.3) is 0 Å². The highest BCUT2D eigenvalue weighted by Crippen LogP contribution is 2.44. The summed E-state index contributed by atoms with van der Waals surface area (Å²) in [4.78, 5) is 31.9. The first-order chi connectivity index (χ1) is 21.5. The van der Waals surface area contributed by atoms with Crippen LogP contribution in [0, 0.1) is 5.92 Å². The van der Waals surface area contributed by atoms with Crippen molar-refractivity contribution in [3.05, 3.63) is 82.4 Å². The van der Waals surface area contributed by atoms with Crippen molar-refractivity contribution < 1.29 is 19.1 Å². The molecule has 5 rings (SSSR count). The average Bonchev–Trinajstić information content (AvgIpc) is 3.00. The highest BCUT2D eigenvalue weighted by Gasteiger charge is 2.36. The number of carbonyl (C=O) groups is 2. The first kappa shape index (κ1) is 32.8. The quantitative estimate of drug-likeness (QED) is 0.221. The minimum atomic E-state index is -0.348. The Morgan fingerprint density at radius 1 is 0.978 bits per heavy atom. The molecule has 0 aromatic heterocycles. The summed E-state index contributed by atoms with van der Waals surface area (Å²) in [5.41, 5.74) is 4.89. The third kappa shape index (κ3) is 7.64.